The number of amides is 1. The zero-order valence-electron chi connectivity index (χ0n) is 18.8. The van der Waals surface area contributed by atoms with Gasteiger partial charge in [-0.05, 0) is 49.2 Å². The van der Waals surface area contributed by atoms with Crippen molar-refractivity contribution in [2.24, 2.45) is 4.99 Å². The van der Waals surface area contributed by atoms with Gasteiger partial charge in [-0.25, -0.2) is 8.42 Å². The van der Waals surface area contributed by atoms with Crippen molar-refractivity contribution in [3.8, 4) is 0 Å². The van der Waals surface area contributed by atoms with Gasteiger partial charge < -0.3 is 15.1 Å². The fourth-order valence-corrected chi connectivity index (χ4v) is 8.34. The molecule has 2 aromatic rings. The molecule has 0 unspecified atom stereocenters. The number of carbonyl (C=O) groups excluding carboxylic acids is 1. The van der Waals surface area contributed by atoms with Crippen LogP contribution < -0.4 is 10.2 Å². The Balaban J connectivity index is 1.22. The van der Waals surface area contributed by atoms with Crippen molar-refractivity contribution in [1.29, 1.82) is 0 Å². The number of sulfone groups is 1. The number of fused-ring (bicyclic) bond motifs is 1. The number of anilines is 2. The minimum Gasteiger partial charge on any atom is -0.368 e. The molecule has 9 heteroatoms. The normalized spacial score (nSPS) is 23.9. The lowest BCUT2D eigenvalue weighted by atomic mass is 10.1. The highest BCUT2D eigenvalue weighted by molar-refractivity contribution is 8.15. The van der Waals surface area contributed by atoms with Gasteiger partial charge in [0.2, 0.25) is 0 Å². The lowest BCUT2D eigenvalue weighted by Gasteiger charge is -2.37. The van der Waals surface area contributed by atoms with Gasteiger partial charge in [0.05, 0.1) is 17.5 Å². The molecule has 2 aromatic carbocycles. The molecule has 2 atom stereocenters. The number of carbonyl (C=O) groups is 1. The molecule has 0 spiro atoms. The highest BCUT2D eigenvalue weighted by Gasteiger charge is 2.42. The first-order valence-electron chi connectivity index (χ1n) is 11.2. The average Bonchev–Trinajstić information content (AvgIpc) is 3.27. The zero-order chi connectivity index (χ0) is 23.2. The summed E-state index contributed by atoms with van der Waals surface area (Å²) in [6.45, 7) is 7.23. The predicted molar refractivity (Wildman–Crippen MR) is 135 cm³/mol. The van der Waals surface area contributed by atoms with Gasteiger partial charge in [0, 0.05) is 48.4 Å². The van der Waals surface area contributed by atoms with Crippen molar-refractivity contribution in [2.45, 2.75) is 25.1 Å². The van der Waals surface area contributed by atoms with Crippen LogP contribution in [0.1, 0.15) is 21.5 Å². The van der Waals surface area contributed by atoms with Crippen molar-refractivity contribution in [2.75, 3.05) is 47.9 Å². The number of thioether (sulfide) groups is 1. The Morgan fingerprint density at radius 3 is 2.61 bits per heavy atom. The van der Waals surface area contributed by atoms with E-state index in [9.17, 15) is 13.2 Å². The largest absolute Gasteiger partial charge is 0.368 e. The zero-order valence-corrected chi connectivity index (χ0v) is 20.5. The first-order valence-corrected chi connectivity index (χ1v) is 13.9. The van der Waals surface area contributed by atoms with Gasteiger partial charge in [0.25, 0.3) is 5.91 Å². The summed E-state index contributed by atoms with van der Waals surface area (Å²) in [6, 6.07) is 13.8. The van der Waals surface area contributed by atoms with Gasteiger partial charge in [-0.3, -0.25) is 9.79 Å². The Labute approximate surface area is 199 Å². The lowest BCUT2D eigenvalue weighted by molar-refractivity contribution is 0.0747. The number of nitrogens with one attached hydrogen (secondary N) is 1. The van der Waals surface area contributed by atoms with E-state index in [1.807, 2.05) is 29.2 Å². The summed E-state index contributed by atoms with van der Waals surface area (Å²) in [6.07, 6.45) is 0. The van der Waals surface area contributed by atoms with Crippen LogP contribution in [0.2, 0.25) is 0 Å². The molecule has 0 bridgehead atoms. The Morgan fingerprint density at radius 1 is 1.06 bits per heavy atom. The van der Waals surface area contributed by atoms with Crippen molar-refractivity contribution in [3.63, 3.8) is 0 Å². The first-order chi connectivity index (χ1) is 15.8. The van der Waals surface area contributed by atoms with E-state index in [2.05, 4.69) is 47.3 Å². The molecule has 2 fully saturated rings. The van der Waals surface area contributed by atoms with Crippen LogP contribution in [-0.4, -0.2) is 73.4 Å². The Bertz CT molecular complexity index is 1220. The summed E-state index contributed by atoms with van der Waals surface area (Å²) in [5.74, 6) is 0.342. The van der Waals surface area contributed by atoms with Crippen molar-refractivity contribution in [3.05, 3.63) is 59.2 Å². The fourth-order valence-electron chi connectivity index (χ4n) is 4.66. The maximum absolute atomic E-state index is 13.2. The maximum atomic E-state index is 13.2. The van der Waals surface area contributed by atoms with Gasteiger partial charge in [0.1, 0.15) is 0 Å². The average molecular weight is 485 g/mol. The van der Waals surface area contributed by atoms with Crippen molar-refractivity contribution in [1.82, 2.24) is 4.90 Å². The number of aryl methyl sites for hydroxylation is 2. The Morgan fingerprint density at radius 2 is 1.85 bits per heavy atom. The highest BCUT2D eigenvalue weighted by atomic mass is 32.2. The first kappa shape index (κ1) is 22.3. The molecule has 1 amide bonds. The number of nitrogens with zero attached hydrogens (tertiary/aromatic N) is 3. The predicted octanol–water partition coefficient (Wildman–Crippen LogP) is 2.95. The van der Waals surface area contributed by atoms with Crippen LogP contribution in [0, 0.1) is 13.8 Å². The second-order valence-corrected chi connectivity index (χ2v) is 12.4. The second-order valence-electron chi connectivity index (χ2n) is 9.01. The van der Waals surface area contributed by atoms with Crippen LogP contribution in [0.15, 0.2) is 47.5 Å². The van der Waals surface area contributed by atoms with E-state index >= 15 is 0 Å². The molecule has 3 aliphatic rings. The molecule has 1 N–H and O–H groups in total. The topological polar surface area (TPSA) is 82.1 Å². The van der Waals surface area contributed by atoms with E-state index < -0.39 is 9.84 Å². The number of rotatable bonds is 3. The Hall–Kier alpha value is -2.52. The number of benzene rings is 2. The minimum absolute atomic E-state index is 0.00403. The molecule has 7 nitrogen and oxygen atoms in total. The summed E-state index contributed by atoms with van der Waals surface area (Å²) in [4.78, 5) is 22.0. The SMILES string of the molecule is Cc1ccc(C)c(N2CCN(C(=O)c3cccc(NC4=N[C@@H]5CS(=O)(=O)C[C@H]5S4)c3)CC2)c1. The smallest absolute Gasteiger partial charge is 0.254 e. The van der Waals surface area contributed by atoms with Gasteiger partial charge in [0.15, 0.2) is 15.0 Å². The molecule has 0 aliphatic carbocycles. The van der Waals surface area contributed by atoms with Crippen molar-refractivity contribution >= 4 is 44.0 Å². The third kappa shape index (κ3) is 4.75. The highest BCUT2D eigenvalue weighted by Crippen LogP contribution is 2.34. The molecule has 174 valence electrons. The number of amidine groups is 1. The number of hydrogen-bond donors (Lipinski definition) is 1. The number of aliphatic imine (C=N–C) groups is 1. The molecule has 2 saturated heterocycles. The van der Waals surface area contributed by atoms with Gasteiger partial charge in [-0.15, -0.1) is 0 Å². The molecule has 0 radical (unpaired) electrons. The van der Waals surface area contributed by atoms with Gasteiger partial charge >= 0.3 is 0 Å². The van der Waals surface area contributed by atoms with Crippen LogP contribution >= 0.6 is 11.8 Å². The maximum Gasteiger partial charge on any atom is 0.254 e. The van der Waals surface area contributed by atoms with Crippen LogP contribution in [0.3, 0.4) is 0 Å². The monoisotopic (exact) mass is 484 g/mol. The van der Waals surface area contributed by atoms with Crippen LogP contribution in [0.4, 0.5) is 11.4 Å². The molecule has 5 rings (SSSR count). The second kappa shape index (κ2) is 8.68. The minimum atomic E-state index is -2.97. The van der Waals surface area contributed by atoms with E-state index in [4.69, 9.17) is 0 Å². The third-order valence-corrected chi connectivity index (χ3v) is 9.59. The summed E-state index contributed by atoms with van der Waals surface area (Å²) in [5.41, 5.74) is 5.19. The van der Waals surface area contributed by atoms with E-state index in [1.54, 1.807) is 0 Å². The van der Waals surface area contributed by atoms with Crippen LogP contribution in [0.5, 0.6) is 0 Å². The fraction of sp³-hybridized carbons (Fsp3) is 0.417. The van der Waals surface area contributed by atoms with E-state index in [1.165, 1.54) is 28.6 Å². The standard InChI is InChI=1S/C24H28N4O3S2/c1-16-6-7-17(2)21(12-16)27-8-10-28(11-9-27)23(29)18-4-3-5-19(13-18)25-24-26-20-14-33(30,31)15-22(20)32-24/h3-7,12-13,20,22H,8-11,14-15H2,1-2H3,(H,25,26)/t20-,22-/m1/s1. The Kier molecular flexibility index (Phi) is 5.86. The summed E-state index contributed by atoms with van der Waals surface area (Å²) < 4.78 is 23.5. The molecular weight excluding hydrogens is 456 g/mol. The number of piperazine rings is 1. The van der Waals surface area contributed by atoms with Crippen LogP contribution in [0.25, 0.3) is 0 Å². The lowest BCUT2D eigenvalue weighted by Crippen LogP contribution is -2.49. The molecule has 0 aromatic heterocycles. The third-order valence-electron chi connectivity index (χ3n) is 6.45. The summed E-state index contributed by atoms with van der Waals surface area (Å²) in [7, 11) is -2.97. The van der Waals surface area contributed by atoms with Crippen LogP contribution in [-0.2, 0) is 9.84 Å². The summed E-state index contributed by atoms with van der Waals surface area (Å²) >= 11 is 1.48. The molecular formula is C24H28N4O3S2. The van der Waals surface area contributed by atoms with Crippen molar-refractivity contribution < 1.29 is 13.2 Å². The van der Waals surface area contributed by atoms with Gasteiger partial charge in [-0.1, -0.05) is 30.0 Å². The van der Waals surface area contributed by atoms with E-state index in [-0.39, 0.29) is 28.7 Å². The molecule has 3 aliphatic heterocycles. The molecule has 33 heavy (non-hydrogen) atoms. The van der Waals surface area contributed by atoms with E-state index in [0.29, 0.717) is 18.7 Å². The summed E-state index contributed by atoms with van der Waals surface area (Å²) in [5, 5.41) is 4.00. The molecule has 0 saturated carbocycles. The quantitative estimate of drug-likeness (QED) is 0.722. The van der Waals surface area contributed by atoms with E-state index in [0.717, 1.165) is 23.9 Å². The molecule has 3 heterocycles. The van der Waals surface area contributed by atoms with Gasteiger partial charge in [-0.2, -0.15) is 0 Å². The number of hydrogen-bond acceptors (Lipinski definition) is 7.